The van der Waals surface area contributed by atoms with E-state index in [1.165, 1.54) is 6.20 Å². The molecule has 22 heavy (non-hydrogen) atoms. The van der Waals surface area contributed by atoms with Gasteiger partial charge in [-0.2, -0.15) is 15.8 Å². The molecular weight excluding hydrogens is 276 g/mol. The van der Waals surface area contributed by atoms with Crippen LogP contribution in [0.1, 0.15) is 5.56 Å². The topological polar surface area (TPSA) is 92.6 Å². The molecule has 1 N–H and O–H groups in total. The molecule has 0 bridgehead atoms. The van der Waals surface area contributed by atoms with Crippen LogP contribution in [0, 0.1) is 34.0 Å². The summed E-state index contributed by atoms with van der Waals surface area (Å²) >= 11 is 0. The minimum Gasteiger partial charge on any atom is -0.455 e. The van der Waals surface area contributed by atoms with E-state index >= 15 is 0 Å². The van der Waals surface area contributed by atoms with Gasteiger partial charge in [0.1, 0.15) is 23.5 Å². The van der Waals surface area contributed by atoms with Crippen LogP contribution in [0.3, 0.4) is 0 Å². The molecule has 0 aliphatic carbocycles. The number of hydrogen-bond acceptors (Lipinski definition) is 5. The number of ether oxygens (including phenoxy) is 1. The summed E-state index contributed by atoms with van der Waals surface area (Å²) in [7, 11) is 0. The Morgan fingerprint density at radius 3 is 2.50 bits per heavy atom. The first-order chi connectivity index (χ1) is 10.8. The fourth-order valence-corrected chi connectivity index (χ4v) is 1.67. The lowest BCUT2D eigenvalue weighted by Crippen LogP contribution is -1.94. The fourth-order valence-electron chi connectivity index (χ4n) is 1.67. The predicted octanol–water partition coefficient (Wildman–Crippen LogP) is 3.69. The highest BCUT2D eigenvalue weighted by Crippen LogP contribution is 2.29. The Morgan fingerprint density at radius 1 is 1.00 bits per heavy atom. The van der Waals surface area contributed by atoms with Gasteiger partial charge in [0.25, 0.3) is 0 Å². The van der Waals surface area contributed by atoms with Gasteiger partial charge in [-0.1, -0.05) is 18.2 Å². The van der Waals surface area contributed by atoms with Gasteiger partial charge in [-0.3, -0.25) is 0 Å². The smallest absolute Gasteiger partial charge is 0.150 e. The van der Waals surface area contributed by atoms with Crippen LogP contribution in [-0.2, 0) is 0 Å². The molecule has 0 atom stereocenters. The molecule has 0 heterocycles. The number of rotatable bonds is 4. The minimum absolute atomic E-state index is 0.0405. The van der Waals surface area contributed by atoms with Crippen LogP contribution >= 0.6 is 0 Å². The molecule has 0 aliphatic rings. The Balaban J connectivity index is 2.26. The molecule has 0 unspecified atom stereocenters. The first-order valence-electron chi connectivity index (χ1n) is 6.31. The summed E-state index contributed by atoms with van der Waals surface area (Å²) in [4.78, 5) is 0. The van der Waals surface area contributed by atoms with Crippen LogP contribution in [0.5, 0.6) is 11.5 Å². The summed E-state index contributed by atoms with van der Waals surface area (Å²) in [5.74, 6) is 1.04. The van der Waals surface area contributed by atoms with Crippen LogP contribution in [0.15, 0.2) is 60.3 Å². The molecule has 2 rings (SSSR count). The second kappa shape index (κ2) is 7.14. The van der Waals surface area contributed by atoms with Crippen molar-refractivity contribution in [2.45, 2.75) is 0 Å². The first kappa shape index (κ1) is 14.7. The Morgan fingerprint density at radius 2 is 1.77 bits per heavy atom. The third-order valence-electron chi connectivity index (χ3n) is 2.69. The number of hydrogen-bond donors (Lipinski definition) is 1. The maximum absolute atomic E-state index is 8.90. The lowest BCUT2D eigenvalue weighted by atomic mass is 10.2. The Hall–Kier alpha value is -3.75. The first-order valence-corrected chi connectivity index (χ1v) is 6.31. The van der Waals surface area contributed by atoms with E-state index in [9.17, 15) is 0 Å². The largest absolute Gasteiger partial charge is 0.455 e. The SMILES string of the molecule is N#CC(C#N)=CNc1ccccc1Oc1cccc(C#N)c1. The molecule has 0 saturated heterocycles. The van der Waals surface area contributed by atoms with Crippen molar-refractivity contribution in [3.8, 4) is 29.7 Å². The third kappa shape index (κ3) is 3.63. The predicted molar refractivity (Wildman–Crippen MR) is 80.6 cm³/mol. The quantitative estimate of drug-likeness (QED) is 0.865. The van der Waals surface area contributed by atoms with Crippen molar-refractivity contribution in [1.29, 1.82) is 15.8 Å². The van der Waals surface area contributed by atoms with Gasteiger partial charge in [0, 0.05) is 6.20 Å². The van der Waals surface area contributed by atoms with E-state index in [2.05, 4.69) is 5.32 Å². The van der Waals surface area contributed by atoms with Gasteiger partial charge in [0.15, 0.2) is 5.75 Å². The maximum Gasteiger partial charge on any atom is 0.150 e. The fraction of sp³-hybridized carbons (Fsp3) is 0. The molecule has 0 amide bonds. The molecule has 0 aromatic heterocycles. The van der Waals surface area contributed by atoms with Crippen molar-refractivity contribution in [1.82, 2.24) is 0 Å². The summed E-state index contributed by atoms with van der Waals surface area (Å²) < 4.78 is 5.74. The zero-order valence-electron chi connectivity index (χ0n) is 11.4. The van der Waals surface area contributed by atoms with E-state index in [0.29, 0.717) is 22.7 Å². The lowest BCUT2D eigenvalue weighted by molar-refractivity contribution is 0.484. The summed E-state index contributed by atoms with van der Waals surface area (Å²) in [6.45, 7) is 0. The van der Waals surface area contributed by atoms with Gasteiger partial charge in [0.2, 0.25) is 0 Å². The van der Waals surface area contributed by atoms with Gasteiger partial charge in [-0.25, -0.2) is 0 Å². The van der Waals surface area contributed by atoms with E-state index in [4.69, 9.17) is 20.5 Å². The van der Waals surface area contributed by atoms with Gasteiger partial charge >= 0.3 is 0 Å². The van der Waals surface area contributed by atoms with Crippen LogP contribution in [0.2, 0.25) is 0 Å². The molecule has 0 fully saturated rings. The normalized spacial score (nSPS) is 8.77. The molecule has 5 heteroatoms. The number of anilines is 1. The molecule has 0 spiro atoms. The van der Waals surface area contributed by atoms with Gasteiger partial charge < -0.3 is 10.1 Å². The third-order valence-corrected chi connectivity index (χ3v) is 2.69. The molecule has 0 saturated carbocycles. The van der Waals surface area contributed by atoms with E-state index in [-0.39, 0.29) is 5.57 Å². The summed E-state index contributed by atoms with van der Waals surface area (Å²) in [6.07, 6.45) is 1.31. The number of benzene rings is 2. The second-order valence-corrected chi connectivity index (χ2v) is 4.16. The molecule has 104 valence electrons. The van der Waals surface area contributed by atoms with E-state index in [1.807, 2.05) is 6.07 Å². The summed E-state index contributed by atoms with van der Waals surface area (Å²) in [6, 6.07) is 19.5. The van der Waals surface area contributed by atoms with Gasteiger partial charge in [-0.15, -0.1) is 0 Å². The van der Waals surface area contributed by atoms with E-state index < -0.39 is 0 Å². The highest BCUT2D eigenvalue weighted by Gasteiger charge is 2.04. The number of nitriles is 3. The Labute approximate surface area is 127 Å². The van der Waals surface area contributed by atoms with Crippen LogP contribution in [-0.4, -0.2) is 0 Å². The number of allylic oxidation sites excluding steroid dienone is 1. The number of nitrogens with one attached hydrogen (secondary N) is 1. The van der Waals surface area contributed by atoms with Gasteiger partial charge in [-0.05, 0) is 30.3 Å². The molecule has 0 radical (unpaired) electrons. The molecular formula is C17H10N4O. The standard InChI is InChI=1S/C17H10N4O/c18-9-13-4-3-5-15(8-13)22-17-7-2-1-6-16(17)21-12-14(10-19)11-20/h1-8,12,21H. The average molecular weight is 286 g/mol. The highest BCUT2D eigenvalue weighted by molar-refractivity contribution is 5.60. The zero-order valence-corrected chi connectivity index (χ0v) is 11.4. The van der Waals surface area contributed by atoms with E-state index in [0.717, 1.165) is 0 Å². The molecule has 5 nitrogen and oxygen atoms in total. The van der Waals surface area contributed by atoms with Crippen LogP contribution in [0.4, 0.5) is 5.69 Å². The van der Waals surface area contributed by atoms with E-state index in [1.54, 1.807) is 60.7 Å². The van der Waals surface area contributed by atoms with Gasteiger partial charge in [0.05, 0.1) is 17.3 Å². The molecule has 2 aromatic rings. The lowest BCUT2D eigenvalue weighted by Gasteiger charge is -2.11. The monoisotopic (exact) mass is 286 g/mol. The summed E-state index contributed by atoms with van der Waals surface area (Å²) in [5.41, 5.74) is 1.06. The zero-order chi connectivity index (χ0) is 15.8. The minimum atomic E-state index is -0.0405. The Kier molecular flexibility index (Phi) is 4.76. The van der Waals surface area contributed by atoms with Crippen LogP contribution in [0.25, 0.3) is 0 Å². The van der Waals surface area contributed by atoms with Crippen molar-refractivity contribution >= 4 is 5.69 Å². The van der Waals surface area contributed by atoms with Crippen molar-refractivity contribution in [3.63, 3.8) is 0 Å². The van der Waals surface area contributed by atoms with Crippen LogP contribution < -0.4 is 10.1 Å². The Bertz CT molecular complexity index is 819. The van der Waals surface area contributed by atoms with Crippen molar-refractivity contribution < 1.29 is 4.74 Å². The second-order valence-electron chi connectivity index (χ2n) is 4.16. The van der Waals surface area contributed by atoms with Crippen molar-refractivity contribution in [2.75, 3.05) is 5.32 Å². The van der Waals surface area contributed by atoms with Crippen molar-refractivity contribution in [3.05, 3.63) is 65.9 Å². The molecule has 2 aromatic carbocycles. The molecule has 0 aliphatic heterocycles. The number of nitrogens with zero attached hydrogens (tertiary/aromatic N) is 3. The maximum atomic E-state index is 8.90. The average Bonchev–Trinajstić information content (AvgIpc) is 2.57. The van der Waals surface area contributed by atoms with Crippen molar-refractivity contribution in [2.24, 2.45) is 0 Å². The highest BCUT2D eigenvalue weighted by atomic mass is 16.5. The summed E-state index contributed by atoms with van der Waals surface area (Å²) in [5, 5.41) is 29.2. The number of para-hydroxylation sites is 2.